The average Bonchev–Trinajstić information content (AvgIpc) is 2.38. The predicted octanol–water partition coefficient (Wildman–Crippen LogP) is 4.99. The Balaban J connectivity index is 2.41. The van der Waals surface area contributed by atoms with Gasteiger partial charge in [0.2, 0.25) is 0 Å². The Morgan fingerprint density at radius 3 is 2.60 bits per heavy atom. The molecule has 1 nitrogen and oxygen atoms in total. The minimum atomic E-state index is -0.217. The van der Waals surface area contributed by atoms with E-state index in [1.807, 2.05) is 12.1 Å². The second-order valence-electron chi connectivity index (χ2n) is 5.00. The maximum Gasteiger partial charge on any atom is 0.124 e. The van der Waals surface area contributed by atoms with E-state index in [2.05, 4.69) is 53.3 Å². The maximum absolute atomic E-state index is 13.6. The number of benzene rings is 2. The molecule has 1 N–H and O–H groups in total. The SMILES string of the molecule is CCCNC(c1cccc(C)c1)c1cc(F)cc(Br)c1. The number of rotatable bonds is 5. The lowest BCUT2D eigenvalue weighted by Crippen LogP contribution is -2.23. The molecule has 2 aromatic rings. The minimum Gasteiger partial charge on any atom is -0.306 e. The zero-order valence-corrected chi connectivity index (χ0v) is 13.4. The van der Waals surface area contributed by atoms with Gasteiger partial charge in [0, 0.05) is 4.47 Å². The van der Waals surface area contributed by atoms with Crippen LogP contribution in [0.15, 0.2) is 46.9 Å². The number of nitrogens with one attached hydrogen (secondary N) is 1. The molecule has 20 heavy (non-hydrogen) atoms. The van der Waals surface area contributed by atoms with E-state index in [-0.39, 0.29) is 11.9 Å². The summed E-state index contributed by atoms with van der Waals surface area (Å²) in [7, 11) is 0. The van der Waals surface area contributed by atoms with Crippen LogP contribution in [0.5, 0.6) is 0 Å². The van der Waals surface area contributed by atoms with Gasteiger partial charge in [0.05, 0.1) is 6.04 Å². The summed E-state index contributed by atoms with van der Waals surface area (Å²) in [4.78, 5) is 0. The Hall–Kier alpha value is -1.19. The van der Waals surface area contributed by atoms with Crippen molar-refractivity contribution in [2.45, 2.75) is 26.3 Å². The standard InChI is InChI=1S/C17H19BrFN/c1-3-7-20-17(13-6-4-5-12(2)8-13)14-9-15(18)11-16(19)10-14/h4-6,8-11,17,20H,3,7H2,1-2H3. The van der Waals surface area contributed by atoms with Crippen molar-refractivity contribution in [3.8, 4) is 0 Å². The largest absolute Gasteiger partial charge is 0.306 e. The molecule has 1 unspecified atom stereocenters. The Kier molecular flexibility index (Phi) is 5.32. The fourth-order valence-corrected chi connectivity index (χ4v) is 2.79. The fraction of sp³-hybridized carbons (Fsp3) is 0.294. The molecule has 0 amide bonds. The van der Waals surface area contributed by atoms with Gasteiger partial charge >= 0.3 is 0 Å². The highest BCUT2D eigenvalue weighted by molar-refractivity contribution is 9.10. The van der Waals surface area contributed by atoms with Gasteiger partial charge in [-0.1, -0.05) is 52.7 Å². The van der Waals surface area contributed by atoms with Gasteiger partial charge in [-0.15, -0.1) is 0 Å². The summed E-state index contributed by atoms with van der Waals surface area (Å²) in [6.07, 6.45) is 1.04. The van der Waals surface area contributed by atoms with Gasteiger partial charge in [-0.3, -0.25) is 0 Å². The summed E-state index contributed by atoms with van der Waals surface area (Å²) in [6, 6.07) is 13.4. The summed E-state index contributed by atoms with van der Waals surface area (Å²) in [5.41, 5.74) is 3.31. The topological polar surface area (TPSA) is 12.0 Å². The molecule has 1 atom stereocenters. The van der Waals surface area contributed by atoms with E-state index in [1.54, 1.807) is 6.07 Å². The van der Waals surface area contributed by atoms with Crippen LogP contribution >= 0.6 is 15.9 Å². The quantitative estimate of drug-likeness (QED) is 0.811. The van der Waals surface area contributed by atoms with Crippen LogP contribution in [-0.2, 0) is 0 Å². The molecule has 0 saturated heterocycles. The fourth-order valence-electron chi connectivity index (χ4n) is 2.31. The lowest BCUT2D eigenvalue weighted by molar-refractivity contribution is 0.584. The summed E-state index contributed by atoms with van der Waals surface area (Å²) in [5.74, 6) is -0.217. The summed E-state index contributed by atoms with van der Waals surface area (Å²) < 4.78 is 14.4. The summed E-state index contributed by atoms with van der Waals surface area (Å²) >= 11 is 3.37. The van der Waals surface area contributed by atoms with Crippen molar-refractivity contribution < 1.29 is 4.39 Å². The first-order chi connectivity index (χ1) is 9.60. The second kappa shape index (κ2) is 7.00. The van der Waals surface area contributed by atoms with Crippen LogP contribution in [-0.4, -0.2) is 6.54 Å². The number of aryl methyl sites for hydroxylation is 1. The number of halogens is 2. The molecule has 0 aliphatic heterocycles. The highest BCUT2D eigenvalue weighted by Gasteiger charge is 2.15. The van der Waals surface area contributed by atoms with Crippen molar-refractivity contribution >= 4 is 15.9 Å². The lowest BCUT2D eigenvalue weighted by atomic mass is 9.97. The molecular weight excluding hydrogens is 317 g/mol. The molecule has 0 aliphatic rings. The van der Waals surface area contributed by atoms with Gasteiger partial charge in [-0.05, 0) is 49.2 Å². The molecule has 0 spiro atoms. The summed E-state index contributed by atoms with van der Waals surface area (Å²) in [6.45, 7) is 5.09. The number of hydrogen-bond donors (Lipinski definition) is 1. The van der Waals surface area contributed by atoms with Crippen LogP contribution in [0, 0.1) is 12.7 Å². The van der Waals surface area contributed by atoms with Crippen LogP contribution in [0.1, 0.15) is 36.1 Å². The van der Waals surface area contributed by atoms with Gasteiger partial charge in [0.15, 0.2) is 0 Å². The Labute approximate surface area is 128 Å². The van der Waals surface area contributed by atoms with Crippen LogP contribution < -0.4 is 5.32 Å². The molecule has 0 aromatic heterocycles. The van der Waals surface area contributed by atoms with Gasteiger partial charge < -0.3 is 5.32 Å². The predicted molar refractivity (Wildman–Crippen MR) is 85.4 cm³/mol. The van der Waals surface area contributed by atoms with Crippen molar-refractivity contribution in [3.63, 3.8) is 0 Å². The van der Waals surface area contributed by atoms with E-state index in [0.29, 0.717) is 0 Å². The third kappa shape index (κ3) is 3.90. The van der Waals surface area contributed by atoms with Crippen molar-refractivity contribution in [3.05, 3.63) is 69.4 Å². The normalized spacial score (nSPS) is 12.4. The monoisotopic (exact) mass is 335 g/mol. The molecular formula is C17H19BrFN. The zero-order valence-electron chi connectivity index (χ0n) is 11.8. The molecule has 3 heteroatoms. The lowest BCUT2D eigenvalue weighted by Gasteiger charge is -2.20. The molecule has 106 valence electrons. The highest BCUT2D eigenvalue weighted by Crippen LogP contribution is 2.26. The van der Waals surface area contributed by atoms with Crippen LogP contribution in [0.25, 0.3) is 0 Å². The van der Waals surface area contributed by atoms with Gasteiger partial charge in [-0.25, -0.2) is 4.39 Å². The molecule has 0 bridgehead atoms. The van der Waals surface area contributed by atoms with E-state index in [9.17, 15) is 4.39 Å². The van der Waals surface area contributed by atoms with Gasteiger partial charge in [-0.2, -0.15) is 0 Å². The van der Waals surface area contributed by atoms with Crippen molar-refractivity contribution in [1.29, 1.82) is 0 Å². The number of hydrogen-bond acceptors (Lipinski definition) is 1. The van der Waals surface area contributed by atoms with Crippen molar-refractivity contribution in [2.75, 3.05) is 6.54 Å². The molecule has 2 aromatic carbocycles. The van der Waals surface area contributed by atoms with Crippen LogP contribution in [0.2, 0.25) is 0 Å². The first kappa shape index (κ1) is 15.2. The van der Waals surface area contributed by atoms with Crippen molar-refractivity contribution in [1.82, 2.24) is 5.32 Å². The van der Waals surface area contributed by atoms with Gasteiger partial charge in [0.25, 0.3) is 0 Å². The summed E-state index contributed by atoms with van der Waals surface area (Å²) in [5, 5.41) is 3.50. The minimum absolute atomic E-state index is 0.0156. The molecule has 0 heterocycles. The van der Waals surface area contributed by atoms with E-state index >= 15 is 0 Å². The molecule has 2 rings (SSSR count). The van der Waals surface area contributed by atoms with Crippen molar-refractivity contribution in [2.24, 2.45) is 0 Å². The zero-order chi connectivity index (χ0) is 14.5. The Morgan fingerprint density at radius 2 is 1.95 bits per heavy atom. The highest BCUT2D eigenvalue weighted by atomic mass is 79.9. The van der Waals surface area contributed by atoms with E-state index in [0.717, 1.165) is 28.6 Å². The Bertz CT molecular complexity index is 563. The maximum atomic E-state index is 13.6. The second-order valence-corrected chi connectivity index (χ2v) is 5.92. The smallest absolute Gasteiger partial charge is 0.124 e. The van der Waals surface area contributed by atoms with E-state index in [4.69, 9.17) is 0 Å². The first-order valence-electron chi connectivity index (χ1n) is 6.86. The van der Waals surface area contributed by atoms with Crippen LogP contribution in [0.3, 0.4) is 0 Å². The molecule has 0 radical (unpaired) electrons. The first-order valence-corrected chi connectivity index (χ1v) is 7.65. The molecule has 0 aliphatic carbocycles. The van der Waals surface area contributed by atoms with Gasteiger partial charge in [0.1, 0.15) is 5.82 Å². The Morgan fingerprint density at radius 1 is 1.15 bits per heavy atom. The molecule has 0 saturated carbocycles. The molecule has 0 fully saturated rings. The van der Waals surface area contributed by atoms with E-state index < -0.39 is 0 Å². The third-order valence-electron chi connectivity index (χ3n) is 3.19. The van der Waals surface area contributed by atoms with E-state index in [1.165, 1.54) is 11.6 Å². The average molecular weight is 336 g/mol. The third-order valence-corrected chi connectivity index (χ3v) is 3.65. The van der Waals surface area contributed by atoms with Crippen LogP contribution in [0.4, 0.5) is 4.39 Å².